The second kappa shape index (κ2) is 6.24. The van der Waals surface area contributed by atoms with Gasteiger partial charge in [0.25, 0.3) is 0 Å². The molecule has 0 bridgehead atoms. The fourth-order valence-corrected chi connectivity index (χ4v) is 4.71. The first-order valence-corrected chi connectivity index (χ1v) is 8.32. The molecule has 0 saturated heterocycles. The zero-order valence-corrected chi connectivity index (χ0v) is 12.6. The van der Waals surface area contributed by atoms with Gasteiger partial charge in [0.15, 0.2) is 0 Å². The van der Waals surface area contributed by atoms with E-state index < -0.39 is 5.97 Å². The Morgan fingerprint density at radius 2 is 2.37 bits per heavy atom. The van der Waals surface area contributed by atoms with E-state index in [2.05, 4.69) is 6.07 Å². The van der Waals surface area contributed by atoms with E-state index in [4.69, 9.17) is 0 Å². The number of rotatable bonds is 5. The first-order valence-electron chi connectivity index (χ1n) is 5.64. The van der Waals surface area contributed by atoms with Crippen LogP contribution in [0.3, 0.4) is 0 Å². The lowest BCUT2D eigenvalue weighted by atomic mass is 10.1. The van der Waals surface area contributed by atoms with Crippen molar-refractivity contribution in [3.63, 3.8) is 0 Å². The van der Waals surface area contributed by atoms with Gasteiger partial charge in [-0.05, 0) is 23.6 Å². The second-order valence-electron chi connectivity index (χ2n) is 3.69. The summed E-state index contributed by atoms with van der Waals surface area (Å²) >= 11 is 4.10. The standard InChI is InChI=1S/C13H11NO2S3/c1-2-5-18-13-8(7-14)10(9-4-3-6-17-9)11(19-13)12(15)16/h3-4,6H,2,5H2,1H3,(H,15,16)/p-1. The Morgan fingerprint density at radius 1 is 1.58 bits per heavy atom. The highest BCUT2D eigenvalue weighted by molar-refractivity contribution is 8.01. The second-order valence-corrected chi connectivity index (χ2v) is 7.03. The van der Waals surface area contributed by atoms with Crippen LogP contribution >= 0.6 is 34.4 Å². The van der Waals surface area contributed by atoms with Gasteiger partial charge in [-0.2, -0.15) is 5.26 Å². The highest BCUT2D eigenvalue weighted by atomic mass is 32.2. The van der Waals surface area contributed by atoms with Gasteiger partial charge in [-0.3, -0.25) is 0 Å². The normalized spacial score (nSPS) is 10.3. The zero-order valence-electron chi connectivity index (χ0n) is 10.1. The highest BCUT2D eigenvalue weighted by Gasteiger charge is 2.21. The number of carbonyl (C=O) groups excluding carboxylic acids is 1. The fourth-order valence-electron chi connectivity index (χ4n) is 1.61. The molecule has 98 valence electrons. The predicted octanol–water partition coefficient (Wildman–Crippen LogP) is 3.21. The van der Waals surface area contributed by atoms with Crippen LogP contribution in [-0.4, -0.2) is 11.7 Å². The molecular weight excluding hydrogens is 298 g/mol. The van der Waals surface area contributed by atoms with E-state index in [0.717, 1.165) is 32.6 Å². The van der Waals surface area contributed by atoms with Crippen molar-refractivity contribution in [3.8, 4) is 16.5 Å². The molecule has 0 aliphatic heterocycles. The molecular formula is C13H10NO2S3-. The molecule has 2 aromatic rings. The van der Waals surface area contributed by atoms with Crippen molar-refractivity contribution in [1.82, 2.24) is 0 Å². The molecule has 0 fully saturated rings. The van der Waals surface area contributed by atoms with E-state index in [9.17, 15) is 15.2 Å². The molecule has 0 aromatic carbocycles. The van der Waals surface area contributed by atoms with Crippen LogP contribution in [0.25, 0.3) is 10.4 Å². The Kier molecular flexibility index (Phi) is 4.64. The summed E-state index contributed by atoms with van der Waals surface area (Å²) in [4.78, 5) is 12.2. The summed E-state index contributed by atoms with van der Waals surface area (Å²) in [5.74, 6) is -0.348. The summed E-state index contributed by atoms with van der Waals surface area (Å²) in [6, 6.07) is 5.81. The van der Waals surface area contributed by atoms with E-state index in [1.165, 1.54) is 23.1 Å². The maximum atomic E-state index is 11.3. The molecule has 19 heavy (non-hydrogen) atoms. The molecule has 0 unspecified atom stereocenters. The van der Waals surface area contributed by atoms with Gasteiger partial charge >= 0.3 is 0 Å². The first kappa shape index (κ1) is 14.1. The van der Waals surface area contributed by atoms with Gasteiger partial charge in [0.2, 0.25) is 0 Å². The van der Waals surface area contributed by atoms with Crippen molar-refractivity contribution in [2.75, 3.05) is 5.75 Å². The lowest BCUT2D eigenvalue weighted by molar-refractivity contribution is -0.254. The molecule has 2 rings (SSSR count). The van der Waals surface area contributed by atoms with Gasteiger partial charge < -0.3 is 9.90 Å². The molecule has 0 radical (unpaired) electrons. The van der Waals surface area contributed by atoms with Crippen molar-refractivity contribution < 1.29 is 9.90 Å². The Balaban J connectivity index is 2.59. The van der Waals surface area contributed by atoms with Crippen LogP contribution in [0.5, 0.6) is 0 Å². The number of hydrogen-bond acceptors (Lipinski definition) is 6. The number of aromatic carboxylic acids is 1. The number of nitriles is 1. The molecule has 0 aliphatic carbocycles. The van der Waals surface area contributed by atoms with E-state index in [1.807, 2.05) is 24.4 Å². The number of thioether (sulfide) groups is 1. The zero-order chi connectivity index (χ0) is 13.8. The average molecular weight is 308 g/mol. The summed E-state index contributed by atoms with van der Waals surface area (Å²) in [5.41, 5.74) is 0.978. The van der Waals surface area contributed by atoms with E-state index in [0.29, 0.717) is 11.1 Å². The highest BCUT2D eigenvalue weighted by Crippen LogP contribution is 2.42. The topological polar surface area (TPSA) is 63.9 Å². The molecule has 6 heteroatoms. The SMILES string of the molecule is CCCSc1sc(C(=O)[O-])c(-c2cccs2)c1C#N. The van der Waals surface area contributed by atoms with E-state index in [-0.39, 0.29) is 4.88 Å². The number of carbonyl (C=O) groups is 1. The van der Waals surface area contributed by atoms with E-state index in [1.54, 1.807) is 0 Å². The van der Waals surface area contributed by atoms with Crippen LogP contribution in [-0.2, 0) is 0 Å². The molecule has 0 amide bonds. The molecule has 0 saturated carbocycles. The Bertz CT molecular complexity index is 623. The summed E-state index contributed by atoms with van der Waals surface area (Å²) in [7, 11) is 0. The summed E-state index contributed by atoms with van der Waals surface area (Å²) in [5, 5.41) is 22.5. The van der Waals surface area contributed by atoms with Crippen molar-refractivity contribution in [1.29, 1.82) is 5.26 Å². The van der Waals surface area contributed by atoms with Crippen LogP contribution in [0.2, 0.25) is 0 Å². The minimum absolute atomic E-state index is 0.151. The smallest absolute Gasteiger partial charge is 0.102 e. The Labute approximate surface area is 123 Å². The minimum atomic E-state index is -1.21. The lowest BCUT2D eigenvalue weighted by Crippen LogP contribution is -2.21. The third-order valence-electron chi connectivity index (χ3n) is 2.38. The quantitative estimate of drug-likeness (QED) is 0.796. The van der Waals surface area contributed by atoms with Crippen LogP contribution in [0.4, 0.5) is 0 Å². The molecule has 0 aliphatic rings. The largest absolute Gasteiger partial charge is 0.544 e. The third kappa shape index (κ3) is 2.84. The number of carboxylic acid groups (broad SMARTS) is 1. The summed E-state index contributed by atoms with van der Waals surface area (Å²) in [6.45, 7) is 2.05. The number of hydrogen-bond donors (Lipinski definition) is 0. The van der Waals surface area contributed by atoms with Crippen LogP contribution in [0, 0.1) is 11.3 Å². The fraction of sp³-hybridized carbons (Fsp3) is 0.231. The summed E-state index contributed by atoms with van der Waals surface area (Å²) in [6.07, 6.45) is 0.975. The van der Waals surface area contributed by atoms with Gasteiger partial charge in [-0.25, -0.2) is 0 Å². The van der Waals surface area contributed by atoms with E-state index >= 15 is 0 Å². The number of thiophene rings is 2. The van der Waals surface area contributed by atoms with Crippen molar-refractivity contribution in [2.24, 2.45) is 0 Å². The Hall–Kier alpha value is -1.29. The molecule has 2 aromatic heterocycles. The maximum absolute atomic E-state index is 11.3. The molecule has 3 nitrogen and oxygen atoms in total. The average Bonchev–Trinajstić information content (AvgIpc) is 3.02. The molecule has 0 N–H and O–H groups in total. The molecule has 2 heterocycles. The first-order chi connectivity index (χ1) is 9.19. The molecule has 0 spiro atoms. The number of nitrogens with zero attached hydrogens (tertiary/aromatic N) is 1. The monoisotopic (exact) mass is 308 g/mol. The van der Waals surface area contributed by atoms with Gasteiger partial charge in [0.1, 0.15) is 6.07 Å². The lowest BCUT2D eigenvalue weighted by Gasteiger charge is -2.02. The minimum Gasteiger partial charge on any atom is -0.544 e. The molecule has 0 atom stereocenters. The third-order valence-corrected chi connectivity index (χ3v) is 5.91. The predicted molar refractivity (Wildman–Crippen MR) is 77.7 cm³/mol. The van der Waals surface area contributed by atoms with Crippen LogP contribution in [0.1, 0.15) is 28.6 Å². The Morgan fingerprint density at radius 3 is 2.89 bits per heavy atom. The van der Waals surface area contributed by atoms with Gasteiger partial charge in [0, 0.05) is 10.4 Å². The van der Waals surface area contributed by atoms with Crippen molar-refractivity contribution in [3.05, 3.63) is 28.0 Å². The maximum Gasteiger partial charge on any atom is 0.102 e. The van der Waals surface area contributed by atoms with Gasteiger partial charge in [-0.1, -0.05) is 13.0 Å². The van der Waals surface area contributed by atoms with Crippen LogP contribution in [0.15, 0.2) is 21.7 Å². The van der Waals surface area contributed by atoms with Gasteiger partial charge in [0.05, 0.1) is 20.6 Å². The number of carboxylic acids is 1. The summed E-state index contributed by atoms with van der Waals surface area (Å²) < 4.78 is 0.770. The van der Waals surface area contributed by atoms with Crippen molar-refractivity contribution in [2.45, 2.75) is 17.6 Å². The van der Waals surface area contributed by atoms with Crippen LogP contribution < -0.4 is 5.11 Å². The van der Waals surface area contributed by atoms with Gasteiger partial charge in [-0.15, -0.1) is 34.4 Å². The van der Waals surface area contributed by atoms with Crippen molar-refractivity contribution >= 4 is 40.4 Å².